The number of hydrogen-bond acceptors (Lipinski definition) is 6. The van der Waals surface area contributed by atoms with E-state index in [1.807, 2.05) is 29.2 Å². The van der Waals surface area contributed by atoms with Gasteiger partial charge in [-0.3, -0.25) is 14.5 Å². The van der Waals surface area contributed by atoms with Gasteiger partial charge in [0.1, 0.15) is 6.10 Å². The molecule has 8 heteroatoms. The summed E-state index contributed by atoms with van der Waals surface area (Å²) in [5.41, 5.74) is 1.84. The van der Waals surface area contributed by atoms with Crippen molar-refractivity contribution < 1.29 is 19.4 Å². The Hall–Kier alpha value is -2.55. The summed E-state index contributed by atoms with van der Waals surface area (Å²) in [5.74, 6) is -0.134. The fraction of sp³-hybridized carbons (Fsp3) is 0.542. The van der Waals surface area contributed by atoms with Crippen LogP contribution in [0.2, 0.25) is 0 Å². The molecular weight excluding hydrogens is 408 g/mol. The monoisotopic (exact) mass is 440 g/mol. The molecule has 0 aliphatic carbocycles. The molecule has 2 aliphatic heterocycles. The lowest BCUT2D eigenvalue weighted by molar-refractivity contribution is -0.140. The van der Waals surface area contributed by atoms with Gasteiger partial charge in [0.25, 0.3) is 5.91 Å². The third-order valence-corrected chi connectivity index (χ3v) is 6.18. The quantitative estimate of drug-likeness (QED) is 0.711. The van der Waals surface area contributed by atoms with Gasteiger partial charge in [0, 0.05) is 18.5 Å². The van der Waals surface area contributed by atoms with Crippen molar-refractivity contribution in [2.75, 3.05) is 52.5 Å². The first kappa shape index (κ1) is 22.6. The molecule has 32 heavy (non-hydrogen) atoms. The predicted octanol–water partition coefficient (Wildman–Crippen LogP) is 1.73. The van der Waals surface area contributed by atoms with Crippen molar-refractivity contribution in [1.82, 2.24) is 20.1 Å². The third-order valence-electron chi connectivity index (χ3n) is 6.18. The van der Waals surface area contributed by atoms with Gasteiger partial charge in [-0.1, -0.05) is 31.0 Å². The summed E-state index contributed by atoms with van der Waals surface area (Å²) in [7, 11) is 0. The highest BCUT2D eigenvalue weighted by Crippen LogP contribution is 2.26. The first-order valence-electron chi connectivity index (χ1n) is 11.6. The van der Waals surface area contributed by atoms with E-state index < -0.39 is 0 Å². The first-order chi connectivity index (χ1) is 15.7. The number of ether oxygens (including phenoxy) is 1. The van der Waals surface area contributed by atoms with Crippen LogP contribution in [0.25, 0.3) is 10.9 Å². The first-order valence-corrected chi connectivity index (χ1v) is 11.6. The number of hydrogen-bond donors (Lipinski definition) is 2. The van der Waals surface area contributed by atoms with Crippen molar-refractivity contribution >= 4 is 22.7 Å². The van der Waals surface area contributed by atoms with Crippen LogP contribution < -0.4 is 5.32 Å². The number of aliphatic hydroxyl groups excluding tert-OH is 1. The smallest absolute Gasteiger partial charge is 0.252 e. The molecule has 2 aromatic rings. The zero-order chi connectivity index (χ0) is 22.3. The van der Waals surface area contributed by atoms with Gasteiger partial charge in [0.15, 0.2) is 0 Å². The molecule has 0 spiro atoms. The van der Waals surface area contributed by atoms with E-state index in [9.17, 15) is 9.59 Å². The van der Waals surface area contributed by atoms with Gasteiger partial charge in [0.05, 0.1) is 43.1 Å². The Morgan fingerprint density at radius 3 is 2.69 bits per heavy atom. The number of carbonyl (C=O) groups excluding carboxylic acids is 2. The fourth-order valence-electron chi connectivity index (χ4n) is 4.45. The van der Waals surface area contributed by atoms with Crippen molar-refractivity contribution in [2.24, 2.45) is 0 Å². The molecule has 1 aromatic heterocycles. The number of rotatable bonds is 6. The van der Waals surface area contributed by atoms with Gasteiger partial charge >= 0.3 is 0 Å². The maximum absolute atomic E-state index is 13.0. The maximum atomic E-state index is 13.0. The Kier molecular flexibility index (Phi) is 7.68. The largest absolute Gasteiger partial charge is 0.395 e. The summed E-state index contributed by atoms with van der Waals surface area (Å²) >= 11 is 0. The van der Waals surface area contributed by atoms with Crippen LogP contribution in [0.5, 0.6) is 0 Å². The number of morpholine rings is 1. The van der Waals surface area contributed by atoms with Gasteiger partial charge in [0.2, 0.25) is 5.91 Å². The number of nitrogens with one attached hydrogen (secondary N) is 1. The molecule has 2 amide bonds. The Labute approximate surface area is 188 Å². The van der Waals surface area contributed by atoms with Gasteiger partial charge in [-0.2, -0.15) is 0 Å². The minimum absolute atomic E-state index is 0.124. The summed E-state index contributed by atoms with van der Waals surface area (Å²) in [5, 5.41) is 12.5. The standard InChI is InChI=1S/C24H32N4O4/c29-13-9-25-24(31)19-15-21(26-20-8-4-3-7-18(19)20)22-16-28(12-14-32-22)23(30)17-27-10-5-1-2-6-11-27/h3-4,7-8,15,22,29H,1-2,5-6,9-14,16-17H2,(H,25,31)/t22-/m0/s1. The van der Waals surface area contributed by atoms with E-state index in [1.165, 1.54) is 12.8 Å². The van der Waals surface area contributed by atoms with E-state index >= 15 is 0 Å². The second-order valence-electron chi connectivity index (χ2n) is 8.48. The molecule has 2 N–H and O–H groups in total. The molecular formula is C24H32N4O4. The summed E-state index contributed by atoms with van der Waals surface area (Å²) in [6.45, 7) is 3.92. The molecule has 2 aliphatic rings. The van der Waals surface area contributed by atoms with Crippen LogP contribution in [0, 0.1) is 0 Å². The van der Waals surface area contributed by atoms with Gasteiger partial charge < -0.3 is 20.1 Å². The molecule has 3 heterocycles. The van der Waals surface area contributed by atoms with Crippen LogP contribution in [0.3, 0.4) is 0 Å². The molecule has 2 fully saturated rings. The Balaban J connectivity index is 1.51. The minimum atomic E-state index is -0.383. The molecule has 0 bridgehead atoms. The average Bonchev–Trinajstić information content (AvgIpc) is 3.10. The number of aromatic nitrogens is 1. The highest BCUT2D eigenvalue weighted by molar-refractivity contribution is 6.06. The predicted molar refractivity (Wildman–Crippen MR) is 121 cm³/mol. The summed E-state index contributed by atoms with van der Waals surface area (Å²) in [4.78, 5) is 34.6. The highest BCUT2D eigenvalue weighted by Gasteiger charge is 2.28. The van der Waals surface area contributed by atoms with Crippen molar-refractivity contribution in [3.05, 3.63) is 41.6 Å². The molecule has 0 saturated carbocycles. The van der Waals surface area contributed by atoms with E-state index in [0.29, 0.717) is 43.0 Å². The topological polar surface area (TPSA) is 95.0 Å². The van der Waals surface area contributed by atoms with Gasteiger partial charge in [-0.25, -0.2) is 4.98 Å². The van der Waals surface area contributed by atoms with Crippen molar-refractivity contribution in [3.8, 4) is 0 Å². The van der Waals surface area contributed by atoms with Crippen LogP contribution in [0.1, 0.15) is 47.8 Å². The second kappa shape index (κ2) is 10.8. The van der Waals surface area contributed by atoms with Crippen LogP contribution in [0.4, 0.5) is 0 Å². The Bertz CT molecular complexity index is 943. The molecule has 0 radical (unpaired) electrons. The molecule has 0 unspecified atom stereocenters. The number of para-hydroxylation sites is 1. The number of amides is 2. The van der Waals surface area contributed by atoms with Crippen LogP contribution in [-0.4, -0.2) is 84.2 Å². The van der Waals surface area contributed by atoms with E-state index in [2.05, 4.69) is 10.2 Å². The van der Waals surface area contributed by atoms with Gasteiger partial charge in [-0.05, 0) is 38.1 Å². The second-order valence-corrected chi connectivity index (χ2v) is 8.48. The third kappa shape index (κ3) is 5.43. The number of benzene rings is 1. The number of aliphatic hydroxyl groups is 1. The minimum Gasteiger partial charge on any atom is -0.395 e. The number of pyridine rings is 1. The Morgan fingerprint density at radius 2 is 1.91 bits per heavy atom. The van der Waals surface area contributed by atoms with Crippen molar-refractivity contribution in [3.63, 3.8) is 0 Å². The number of likely N-dealkylation sites (tertiary alicyclic amines) is 1. The van der Waals surface area contributed by atoms with Crippen LogP contribution in [-0.2, 0) is 9.53 Å². The summed E-state index contributed by atoms with van der Waals surface area (Å²) in [6, 6.07) is 9.23. The molecule has 172 valence electrons. The summed E-state index contributed by atoms with van der Waals surface area (Å²) in [6.07, 6.45) is 4.41. The maximum Gasteiger partial charge on any atom is 0.252 e. The zero-order valence-corrected chi connectivity index (χ0v) is 18.5. The summed E-state index contributed by atoms with van der Waals surface area (Å²) < 4.78 is 5.98. The van der Waals surface area contributed by atoms with E-state index in [0.717, 1.165) is 31.3 Å². The number of fused-ring (bicyclic) bond motifs is 1. The lowest BCUT2D eigenvalue weighted by Gasteiger charge is -2.34. The molecule has 2 saturated heterocycles. The fourth-order valence-corrected chi connectivity index (χ4v) is 4.45. The Morgan fingerprint density at radius 1 is 1.12 bits per heavy atom. The van der Waals surface area contributed by atoms with Crippen molar-refractivity contribution in [2.45, 2.75) is 31.8 Å². The van der Waals surface area contributed by atoms with E-state index in [1.54, 1.807) is 6.07 Å². The molecule has 4 rings (SSSR count). The zero-order valence-electron chi connectivity index (χ0n) is 18.5. The van der Waals surface area contributed by atoms with E-state index in [-0.39, 0.29) is 31.1 Å². The average molecular weight is 441 g/mol. The molecule has 8 nitrogen and oxygen atoms in total. The number of nitrogens with zero attached hydrogens (tertiary/aromatic N) is 3. The highest BCUT2D eigenvalue weighted by atomic mass is 16.5. The lowest BCUT2D eigenvalue weighted by atomic mass is 10.0. The lowest BCUT2D eigenvalue weighted by Crippen LogP contribution is -2.47. The van der Waals surface area contributed by atoms with E-state index in [4.69, 9.17) is 14.8 Å². The van der Waals surface area contributed by atoms with Crippen LogP contribution >= 0.6 is 0 Å². The molecule has 1 aromatic carbocycles. The molecule has 1 atom stereocenters. The van der Waals surface area contributed by atoms with Crippen molar-refractivity contribution in [1.29, 1.82) is 0 Å². The van der Waals surface area contributed by atoms with Crippen LogP contribution in [0.15, 0.2) is 30.3 Å². The number of carbonyl (C=O) groups is 2. The normalized spacial score (nSPS) is 20.2. The SMILES string of the molecule is O=C(NCCO)c1cc([C@@H]2CN(C(=O)CN3CCCCCC3)CCO2)nc2ccccc12. The van der Waals surface area contributed by atoms with Gasteiger partial charge in [-0.15, -0.1) is 0 Å².